The third-order valence-corrected chi connectivity index (χ3v) is 3.80. The van der Waals surface area contributed by atoms with Crippen molar-refractivity contribution in [3.05, 3.63) is 35.4 Å². The van der Waals surface area contributed by atoms with E-state index in [4.69, 9.17) is 0 Å². The summed E-state index contributed by atoms with van der Waals surface area (Å²) < 4.78 is 0. The molecular weight excluding hydrogens is 226 g/mol. The molecule has 0 bridgehead atoms. The van der Waals surface area contributed by atoms with Gasteiger partial charge in [-0.3, -0.25) is 4.79 Å². The van der Waals surface area contributed by atoms with Crippen molar-refractivity contribution >= 4 is 5.91 Å². The monoisotopic (exact) mass is 247 g/mol. The van der Waals surface area contributed by atoms with E-state index in [1.165, 1.54) is 0 Å². The number of piperidine rings is 1. The lowest BCUT2D eigenvalue weighted by molar-refractivity contribution is -0.134. The molecule has 98 valence electrons. The topological polar surface area (TPSA) is 40.5 Å². The molecule has 1 aromatic carbocycles. The van der Waals surface area contributed by atoms with Crippen LogP contribution >= 0.6 is 0 Å². The lowest BCUT2D eigenvalue weighted by Gasteiger charge is -2.35. The van der Waals surface area contributed by atoms with Crippen LogP contribution in [0.5, 0.6) is 0 Å². The van der Waals surface area contributed by atoms with E-state index in [0.717, 1.165) is 11.1 Å². The first-order valence-corrected chi connectivity index (χ1v) is 6.53. The predicted octanol–water partition coefficient (Wildman–Crippen LogP) is 1.91. The van der Waals surface area contributed by atoms with Crippen LogP contribution in [0.2, 0.25) is 0 Å². The molecule has 0 aliphatic carbocycles. The lowest BCUT2D eigenvalue weighted by atomic mass is 9.93. The first-order chi connectivity index (χ1) is 8.48. The molecule has 1 aliphatic heterocycles. The molecule has 0 saturated carbocycles. The molecule has 1 amide bonds. The SMILES string of the molecule is Cc1ccccc1CC(=O)N1CCC(C)(O)CC1. The number of likely N-dealkylation sites (tertiary alicyclic amines) is 1. The Labute approximate surface area is 108 Å². The molecule has 0 spiro atoms. The van der Waals surface area contributed by atoms with Crippen molar-refractivity contribution < 1.29 is 9.90 Å². The summed E-state index contributed by atoms with van der Waals surface area (Å²) in [6, 6.07) is 7.99. The van der Waals surface area contributed by atoms with Gasteiger partial charge in [0.05, 0.1) is 12.0 Å². The molecular formula is C15H21NO2. The zero-order valence-electron chi connectivity index (χ0n) is 11.1. The van der Waals surface area contributed by atoms with E-state index < -0.39 is 5.60 Å². The third kappa shape index (κ3) is 3.10. The van der Waals surface area contributed by atoms with E-state index in [1.807, 2.05) is 43.0 Å². The smallest absolute Gasteiger partial charge is 0.227 e. The molecule has 18 heavy (non-hydrogen) atoms. The van der Waals surface area contributed by atoms with Crippen LogP contribution in [0, 0.1) is 6.92 Å². The first kappa shape index (κ1) is 13.1. The zero-order valence-corrected chi connectivity index (χ0v) is 11.1. The minimum absolute atomic E-state index is 0.166. The first-order valence-electron chi connectivity index (χ1n) is 6.53. The molecule has 1 aromatic rings. The van der Waals surface area contributed by atoms with Gasteiger partial charge in [-0.1, -0.05) is 24.3 Å². The molecule has 3 heteroatoms. The molecule has 1 N–H and O–H groups in total. The molecule has 2 rings (SSSR count). The van der Waals surface area contributed by atoms with Crippen molar-refractivity contribution in [1.82, 2.24) is 4.90 Å². The third-order valence-electron chi connectivity index (χ3n) is 3.80. The highest BCUT2D eigenvalue weighted by atomic mass is 16.3. The second kappa shape index (κ2) is 5.11. The molecule has 0 atom stereocenters. The number of hydrogen-bond donors (Lipinski definition) is 1. The van der Waals surface area contributed by atoms with Gasteiger partial charge in [0.15, 0.2) is 0 Å². The average molecular weight is 247 g/mol. The van der Waals surface area contributed by atoms with Crippen molar-refractivity contribution in [2.75, 3.05) is 13.1 Å². The van der Waals surface area contributed by atoms with E-state index in [-0.39, 0.29) is 5.91 Å². The van der Waals surface area contributed by atoms with Gasteiger partial charge in [-0.05, 0) is 37.8 Å². The highest BCUT2D eigenvalue weighted by Crippen LogP contribution is 2.21. The lowest BCUT2D eigenvalue weighted by Crippen LogP contribution is -2.45. The van der Waals surface area contributed by atoms with Crippen LogP contribution in [0.25, 0.3) is 0 Å². The Hall–Kier alpha value is -1.35. The van der Waals surface area contributed by atoms with Gasteiger partial charge in [-0.25, -0.2) is 0 Å². The predicted molar refractivity (Wildman–Crippen MR) is 71.3 cm³/mol. The Morgan fingerprint density at radius 3 is 2.56 bits per heavy atom. The zero-order chi connectivity index (χ0) is 13.2. The molecule has 1 saturated heterocycles. The van der Waals surface area contributed by atoms with Crippen LogP contribution in [-0.4, -0.2) is 34.6 Å². The van der Waals surface area contributed by atoms with Crippen molar-refractivity contribution in [3.8, 4) is 0 Å². The number of nitrogens with zero attached hydrogens (tertiary/aromatic N) is 1. The molecule has 1 fully saturated rings. The van der Waals surface area contributed by atoms with Crippen LogP contribution in [0.3, 0.4) is 0 Å². The number of amides is 1. The van der Waals surface area contributed by atoms with Gasteiger partial charge in [0.2, 0.25) is 5.91 Å². The Morgan fingerprint density at radius 2 is 1.94 bits per heavy atom. The van der Waals surface area contributed by atoms with Gasteiger partial charge in [-0.2, -0.15) is 0 Å². The summed E-state index contributed by atoms with van der Waals surface area (Å²) in [5.41, 5.74) is 1.66. The summed E-state index contributed by atoms with van der Waals surface area (Å²) in [7, 11) is 0. The number of rotatable bonds is 2. The Morgan fingerprint density at radius 1 is 1.33 bits per heavy atom. The molecule has 1 aliphatic rings. The molecule has 0 unspecified atom stereocenters. The fourth-order valence-corrected chi connectivity index (χ4v) is 2.32. The molecule has 3 nitrogen and oxygen atoms in total. The number of hydrogen-bond acceptors (Lipinski definition) is 2. The normalized spacial score (nSPS) is 18.7. The van der Waals surface area contributed by atoms with E-state index in [1.54, 1.807) is 0 Å². The largest absolute Gasteiger partial charge is 0.390 e. The van der Waals surface area contributed by atoms with Gasteiger partial charge < -0.3 is 10.0 Å². The summed E-state index contributed by atoms with van der Waals surface area (Å²) in [4.78, 5) is 14.0. The van der Waals surface area contributed by atoms with Crippen LogP contribution in [0.4, 0.5) is 0 Å². The Kier molecular flexibility index (Phi) is 3.71. The average Bonchev–Trinajstić information content (AvgIpc) is 2.32. The molecule has 1 heterocycles. The fourth-order valence-electron chi connectivity index (χ4n) is 2.32. The maximum atomic E-state index is 12.2. The molecule has 0 radical (unpaired) electrons. The highest BCUT2D eigenvalue weighted by Gasteiger charge is 2.29. The number of aliphatic hydroxyl groups is 1. The van der Waals surface area contributed by atoms with Gasteiger partial charge in [0.1, 0.15) is 0 Å². The second-order valence-electron chi connectivity index (χ2n) is 5.48. The molecule has 0 aromatic heterocycles. The number of benzene rings is 1. The Bertz CT molecular complexity index is 430. The van der Waals surface area contributed by atoms with Crippen molar-refractivity contribution in [2.45, 2.75) is 38.7 Å². The summed E-state index contributed by atoms with van der Waals surface area (Å²) in [5.74, 6) is 0.166. The quantitative estimate of drug-likeness (QED) is 0.867. The minimum atomic E-state index is -0.598. The number of aryl methyl sites for hydroxylation is 1. The van der Waals surface area contributed by atoms with E-state index in [2.05, 4.69) is 0 Å². The van der Waals surface area contributed by atoms with Gasteiger partial charge in [0, 0.05) is 13.1 Å². The van der Waals surface area contributed by atoms with Crippen LogP contribution < -0.4 is 0 Å². The maximum Gasteiger partial charge on any atom is 0.227 e. The van der Waals surface area contributed by atoms with Crippen LogP contribution in [0.15, 0.2) is 24.3 Å². The van der Waals surface area contributed by atoms with Crippen molar-refractivity contribution in [1.29, 1.82) is 0 Å². The van der Waals surface area contributed by atoms with Crippen molar-refractivity contribution in [3.63, 3.8) is 0 Å². The van der Waals surface area contributed by atoms with E-state index >= 15 is 0 Å². The maximum absolute atomic E-state index is 12.2. The standard InChI is InChI=1S/C15H21NO2/c1-12-5-3-4-6-13(12)11-14(17)16-9-7-15(2,18)8-10-16/h3-6,18H,7-11H2,1-2H3. The summed E-state index contributed by atoms with van der Waals surface area (Å²) in [5, 5.41) is 9.87. The van der Waals surface area contributed by atoms with Gasteiger partial charge in [0.25, 0.3) is 0 Å². The van der Waals surface area contributed by atoms with E-state index in [9.17, 15) is 9.90 Å². The summed E-state index contributed by atoms with van der Waals surface area (Å²) in [6.45, 7) is 5.20. The second-order valence-corrected chi connectivity index (χ2v) is 5.48. The highest BCUT2D eigenvalue weighted by molar-refractivity contribution is 5.79. The van der Waals surface area contributed by atoms with E-state index in [0.29, 0.717) is 32.4 Å². The summed E-state index contributed by atoms with van der Waals surface area (Å²) in [6.07, 6.45) is 1.81. The van der Waals surface area contributed by atoms with Crippen LogP contribution in [-0.2, 0) is 11.2 Å². The van der Waals surface area contributed by atoms with Crippen molar-refractivity contribution in [2.24, 2.45) is 0 Å². The van der Waals surface area contributed by atoms with Crippen LogP contribution in [0.1, 0.15) is 30.9 Å². The fraction of sp³-hybridized carbons (Fsp3) is 0.533. The van der Waals surface area contributed by atoms with Gasteiger partial charge in [-0.15, -0.1) is 0 Å². The minimum Gasteiger partial charge on any atom is -0.390 e. The summed E-state index contributed by atoms with van der Waals surface area (Å²) >= 11 is 0. The Balaban J connectivity index is 1.95. The number of carbonyl (C=O) groups is 1. The van der Waals surface area contributed by atoms with Gasteiger partial charge >= 0.3 is 0 Å². The number of carbonyl (C=O) groups excluding carboxylic acids is 1.